The minimum atomic E-state index is -3.89. The van der Waals surface area contributed by atoms with Crippen LogP contribution in [-0.2, 0) is 10.0 Å². The molecule has 3 rings (SSSR count). The lowest BCUT2D eigenvalue weighted by molar-refractivity contribution is 0.0697. The molecule has 1 atom stereocenters. The molecule has 2 heterocycles. The van der Waals surface area contributed by atoms with Crippen molar-refractivity contribution in [2.24, 2.45) is 0 Å². The highest BCUT2D eigenvalue weighted by Gasteiger charge is 2.27. The van der Waals surface area contributed by atoms with Crippen LogP contribution in [0.5, 0.6) is 0 Å². The first-order chi connectivity index (χ1) is 12.4. The Balaban J connectivity index is 1.80. The topological polar surface area (TPSA) is 99.8 Å². The van der Waals surface area contributed by atoms with E-state index in [0.717, 1.165) is 32.0 Å². The van der Waals surface area contributed by atoms with E-state index in [2.05, 4.69) is 9.62 Å². The second-order valence-electron chi connectivity index (χ2n) is 6.07. The van der Waals surface area contributed by atoms with E-state index in [1.807, 2.05) is 6.07 Å². The molecule has 1 aromatic heterocycles. The van der Waals surface area contributed by atoms with E-state index in [1.165, 1.54) is 12.1 Å². The van der Waals surface area contributed by atoms with Crippen LogP contribution < -0.4 is 4.72 Å². The summed E-state index contributed by atoms with van der Waals surface area (Å²) in [5, 5.41) is 9.11. The number of hydrogen-bond donors (Lipinski definition) is 2. The Kier molecular flexibility index (Phi) is 5.67. The summed E-state index contributed by atoms with van der Waals surface area (Å²) in [5.74, 6) is -0.588. The molecule has 2 aromatic rings. The lowest BCUT2D eigenvalue weighted by atomic mass is 10.2. The number of likely N-dealkylation sites (tertiary alicyclic amines) is 1. The van der Waals surface area contributed by atoms with Crippen LogP contribution in [0, 0.1) is 0 Å². The SMILES string of the molecule is O=C(O)c1cc(S(=O)(=O)NC[C@H](c2ccco2)N2CCCC2)ccc1Cl. The van der Waals surface area contributed by atoms with Gasteiger partial charge in [-0.05, 0) is 56.3 Å². The summed E-state index contributed by atoms with van der Waals surface area (Å²) in [6.07, 6.45) is 3.68. The van der Waals surface area contributed by atoms with Crippen LogP contribution >= 0.6 is 11.6 Å². The third kappa shape index (κ3) is 4.09. The van der Waals surface area contributed by atoms with Crippen molar-refractivity contribution in [3.05, 3.63) is 52.9 Å². The van der Waals surface area contributed by atoms with E-state index in [-0.39, 0.29) is 28.1 Å². The minimum Gasteiger partial charge on any atom is -0.478 e. The Bertz CT molecular complexity index is 877. The highest BCUT2D eigenvalue weighted by molar-refractivity contribution is 7.89. The zero-order chi connectivity index (χ0) is 18.7. The lowest BCUT2D eigenvalue weighted by Gasteiger charge is -2.26. The van der Waals surface area contributed by atoms with E-state index >= 15 is 0 Å². The van der Waals surface area contributed by atoms with Crippen molar-refractivity contribution in [3.63, 3.8) is 0 Å². The number of aromatic carboxylic acids is 1. The van der Waals surface area contributed by atoms with E-state index in [1.54, 1.807) is 12.3 Å². The predicted octanol–water partition coefficient (Wildman–Crippen LogP) is 2.75. The summed E-state index contributed by atoms with van der Waals surface area (Å²) in [6.45, 7) is 1.87. The molecule has 0 saturated carbocycles. The van der Waals surface area contributed by atoms with E-state index in [4.69, 9.17) is 21.1 Å². The van der Waals surface area contributed by atoms with Crippen LogP contribution in [0.2, 0.25) is 5.02 Å². The van der Waals surface area contributed by atoms with Gasteiger partial charge in [0.25, 0.3) is 0 Å². The van der Waals surface area contributed by atoms with Gasteiger partial charge < -0.3 is 9.52 Å². The quantitative estimate of drug-likeness (QED) is 0.743. The number of benzene rings is 1. The number of nitrogens with one attached hydrogen (secondary N) is 1. The summed E-state index contributed by atoms with van der Waals surface area (Å²) in [7, 11) is -3.89. The van der Waals surface area contributed by atoms with Crippen molar-refractivity contribution < 1.29 is 22.7 Å². The molecule has 0 unspecified atom stereocenters. The van der Waals surface area contributed by atoms with E-state index < -0.39 is 16.0 Å². The average Bonchev–Trinajstić information content (AvgIpc) is 3.29. The van der Waals surface area contributed by atoms with Gasteiger partial charge in [-0.1, -0.05) is 11.6 Å². The maximum Gasteiger partial charge on any atom is 0.337 e. The van der Waals surface area contributed by atoms with Crippen LogP contribution in [0.25, 0.3) is 0 Å². The number of hydrogen-bond acceptors (Lipinski definition) is 5. The van der Waals surface area contributed by atoms with Crippen molar-refractivity contribution in [1.29, 1.82) is 0 Å². The van der Waals surface area contributed by atoms with Gasteiger partial charge in [-0.15, -0.1) is 0 Å². The van der Waals surface area contributed by atoms with Gasteiger partial charge in [-0.3, -0.25) is 4.90 Å². The molecule has 0 bridgehead atoms. The smallest absolute Gasteiger partial charge is 0.337 e. The van der Waals surface area contributed by atoms with Gasteiger partial charge in [-0.2, -0.15) is 0 Å². The number of carboxylic acid groups (broad SMARTS) is 1. The fraction of sp³-hybridized carbons (Fsp3) is 0.353. The van der Waals surface area contributed by atoms with Crippen molar-refractivity contribution in [3.8, 4) is 0 Å². The summed E-state index contributed by atoms with van der Waals surface area (Å²) < 4.78 is 33.3. The number of halogens is 1. The molecule has 1 aliphatic rings. The van der Waals surface area contributed by atoms with Gasteiger partial charge in [0.1, 0.15) is 5.76 Å². The first kappa shape index (κ1) is 18.9. The molecular formula is C17H19ClN2O5S. The second-order valence-corrected chi connectivity index (χ2v) is 8.25. The van der Waals surface area contributed by atoms with Crippen LogP contribution in [-0.4, -0.2) is 44.0 Å². The molecule has 1 aliphatic heterocycles. The number of carboxylic acids is 1. The normalized spacial score (nSPS) is 16.7. The monoisotopic (exact) mass is 398 g/mol. The molecule has 7 nitrogen and oxygen atoms in total. The van der Waals surface area contributed by atoms with Gasteiger partial charge in [0.2, 0.25) is 10.0 Å². The minimum absolute atomic E-state index is 0.0121. The average molecular weight is 399 g/mol. The lowest BCUT2D eigenvalue weighted by Crippen LogP contribution is -2.36. The largest absolute Gasteiger partial charge is 0.478 e. The highest BCUT2D eigenvalue weighted by atomic mass is 35.5. The molecule has 0 amide bonds. The van der Waals surface area contributed by atoms with Gasteiger partial charge in [0.15, 0.2) is 0 Å². The molecule has 1 aromatic carbocycles. The summed E-state index contributed by atoms with van der Waals surface area (Å²) in [6, 6.07) is 6.99. The van der Waals surface area contributed by atoms with Crippen LogP contribution in [0.3, 0.4) is 0 Å². The molecule has 140 valence electrons. The van der Waals surface area contributed by atoms with Crippen molar-refractivity contribution in [1.82, 2.24) is 9.62 Å². The van der Waals surface area contributed by atoms with Crippen molar-refractivity contribution >= 4 is 27.6 Å². The first-order valence-electron chi connectivity index (χ1n) is 8.18. The third-order valence-electron chi connectivity index (χ3n) is 4.40. The van der Waals surface area contributed by atoms with Gasteiger partial charge in [-0.25, -0.2) is 17.9 Å². The Morgan fingerprint density at radius 1 is 1.31 bits per heavy atom. The number of sulfonamides is 1. The Hall–Kier alpha value is -1.87. The van der Waals surface area contributed by atoms with Gasteiger partial charge in [0.05, 0.1) is 27.8 Å². The number of rotatable bonds is 7. The van der Waals surface area contributed by atoms with Crippen molar-refractivity contribution in [2.75, 3.05) is 19.6 Å². The number of carbonyl (C=O) groups is 1. The summed E-state index contributed by atoms with van der Waals surface area (Å²) in [5.41, 5.74) is -0.253. The Morgan fingerprint density at radius 2 is 2.04 bits per heavy atom. The van der Waals surface area contributed by atoms with Crippen LogP contribution in [0.4, 0.5) is 0 Å². The standard InChI is InChI=1S/C17H19ClN2O5S/c18-14-6-5-12(10-13(14)17(21)22)26(23,24)19-11-15(16-4-3-9-25-16)20-7-1-2-8-20/h3-6,9-10,15,19H,1-2,7-8,11H2,(H,21,22)/t15-/m1/s1. The van der Waals surface area contributed by atoms with Gasteiger partial charge >= 0.3 is 5.97 Å². The maximum absolute atomic E-state index is 12.6. The molecular weight excluding hydrogens is 380 g/mol. The first-order valence-corrected chi connectivity index (χ1v) is 10.0. The predicted molar refractivity (Wildman–Crippen MR) is 95.9 cm³/mol. The fourth-order valence-electron chi connectivity index (χ4n) is 3.05. The molecule has 0 spiro atoms. The second kappa shape index (κ2) is 7.79. The fourth-order valence-corrected chi connectivity index (χ4v) is 4.31. The zero-order valence-corrected chi connectivity index (χ0v) is 15.5. The molecule has 26 heavy (non-hydrogen) atoms. The van der Waals surface area contributed by atoms with Crippen LogP contribution in [0.1, 0.15) is 35.0 Å². The van der Waals surface area contributed by atoms with Gasteiger partial charge in [0, 0.05) is 6.54 Å². The molecule has 1 fully saturated rings. The van der Waals surface area contributed by atoms with E-state index in [9.17, 15) is 13.2 Å². The molecule has 9 heteroatoms. The molecule has 1 saturated heterocycles. The zero-order valence-electron chi connectivity index (χ0n) is 13.9. The number of furan rings is 1. The maximum atomic E-state index is 12.6. The molecule has 0 radical (unpaired) electrons. The highest BCUT2D eigenvalue weighted by Crippen LogP contribution is 2.26. The summed E-state index contributed by atoms with van der Waals surface area (Å²) in [4.78, 5) is 13.2. The Morgan fingerprint density at radius 3 is 2.65 bits per heavy atom. The van der Waals surface area contributed by atoms with Crippen molar-refractivity contribution in [2.45, 2.75) is 23.8 Å². The molecule has 2 N–H and O–H groups in total. The Labute approximate surface area is 156 Å². The summed E-state index contributed by atoms with van der Waals surface area (Å²) >= 11 is 5.81. The molecule has 0 aliphatic carbocycles. The number of nitrogens with zero attached hydrogens (tertiary/aromatic N) is 1. The van der Waals surface area contributed by atoms with E-state index in [0.29, 0.717) is 5.76 Å². The third-order valence-corrected chi connectivity index (χ3v) is 6.15. The van der Waals surface area contributed by atoms with Crippen LogP contribution in [0.15, 0.2) is 45.9 Å².